The van der Waals surface area contributed by atoms with Crippen LogP contribution in [-0.2, 0) is 23.0 Å². The molecule has 0 aliphatic rings. The minimum Gasteiger partial charge on any atom is -0.326 e. The van der Waals surface area contributed by atoms with Gasteiger partial charge in [-0.2, -0.15) is 4.31 Å². The topological polar surface area (TPSA) is 63.4 Å². The first kappa shape index (κ1) is 16.2. The maximum Gasteiger partial charge on any atom is 0.243 e. The SMILES string of the molecule is CC(Cc1cccs1)N(C)S(=O)(=O)c1cccc(CN)c1. The van der Waals surface area contributed by atoms with Crippen LogP contribution in [0.25, 0.3) is 0 Å². The van der Waals surface area contributed by atoms with E-state index in [0.29, 0.717) is 17.9 Å². The highest BCUT2D eigenvalue weighted by Gasteiger charge is 2.25. The second kappa shape index (κ2) is 6.70. The average molecular weight is 324 g/mol. The third kappa shape index (κ3) is 3.71. The fourth-order valence-electron chi connectivity index (χ4n) is 2.08. The van der Waals surface area contributed by atoms with E-state index in [1.54, 1.807) is 36.6 Å². The molecule has 0 saturated heterocycles. The van der Waals surface area contributed by atoms with Gasteiger partial charge in [-0.05, 0) is 42.5 Å². The Morgan fingerprint density at radius 2 is 2.05 bits per heavy atom. The molecule has 2 aromatic rings. The summed E-state index contributed by atoms with van der Waals surface area (Å²) >= 11 is 1.64. The van der Waals surface area contributed by atoms with Gasteiger partial charge in [-0.3, -0.25) is 0 Å². The van der Waals surface area contributed by atoms with Crippen LogP contribution in [0.2, 0.25) is 0 Å². The number of nitrogens with two attached hydrogens (primary N) is 1. The van der Waals surface area contributed by atoms with Crippen LogP contribution in [0.15, 0.2) is 46.7 Å². The van der Waals surface area contributed by atoms with Gasteiger partial charge in [0.25, 0.3) is 0 Å². The normalized spacial score (nSPS) is 13.5. The molecule has 1 heterocycles. The lowest BCUT2D eigenvalue weighted by Gasteiger charge is -2.24. The predicted molar refractivity (Wildman–Crippen MR) is 86.8 cm³/mol. The van der Waals surface area contributed by atoms with Crippen molar-refractivity contribution in [3.63, 3.8) is 0 Å². The van der Waals surface area contributed by atoms with Crippen molar-refractivity contribution in [1.29, 1.82) is 0 Å². The molecule has 0 amide bonds. The molecule has 0 fully saturated rings. The summed E-state index contributed by atoms with van der Waals surface area (Å²) in [6.45, 7) is 2.25. The van der Waals surface area contributed by atoms with E-state index in [4.69, 9.17) is 5.73 Å². The first-order valence-corrected chi connectivity index (χ1v) is 9.06. The van der Waals surface area contributed by atoms with Gasteiger partial charge in [-0.25, -0.2) is 8.42 Å². The van der Waals surface area contributed by atoms with Gasteiger partial charge in [0.2, 0.25) is 10.0 Å². The first-order chi connectivity index (χ1) is 9.95. The fraction of sp³-hybridized carbons (Fsp3) is 0.333. The summed E-state index contributed by atoms with van der Waals surface area (Å²) in [7, 11) is -1.86. The second-order valence-corrected chi connectivity index (χ2v) is 8.04. The molecule has 0 spiro atoms. The Morgan fingerprint density at radius 3 is 2.67 bits per heavy atom. The molecule has 21 heavy (non-hydrogen) atoms. The van der Waals surface area contributed by atoms with Gasteiger partial charge in [-0.1, -0.05) is 18.2 Å². The van der Waals surface area contributed by atoms with E-state index in [9.17, 15) is 8.42 Å². The van der Waals surface area contributed by atoms with Gasteiger partial charge in [0, 0.05) is 24.5 Å². The molecule has 0 radical (unpaired) electrons. The molecule has 114 valence electrons. The summed E-state index contributed by atoms with van der Waals surface area (Å²) in [6.07, 6.45) is 0.712. The third-order valence-electron chi connectivity index (χ3n) is 3.51. The average Bonchev–Trinajstić information content (AvgIpc) is 2.99. The number of sulfonamides is 1. The summed E-state index contributed by atoms with van der Waals surface area (Å²) in [5.41, 5.74) is 6.40. The van der Waals surface area contributed by atoms with Crippen molar-refractivity contribution < 1.29 is 8.42 Å². The minimum atomic E-state index is -3.49. The number of benzene rings is 1. The number of thiophene rings is 1. The number of rotatable bonds is 6. The Hall–Kier alpha value is -1.21. The Bertz CT molecular complexity index is 681. The van der Waals surface area contributed by atoms with Crippen molar-refractivity contribution >= 4 is 21.4 Å². The van der Waals surface area contributed by atoms with Crippen molar-refractivity contribution in [1.82, 2.24) is 4.31 Å². The van der Waals surface area contributed by atoms with Crippen molar-refractivity contribution in [2.75, 3.05) is 7.05 Å². The maximum absolute atomic E-state index is 12.7. The Balaban J connectivity index is 2.21. The molecule has 2 rings (SSSR count). The number of nitrogens with zero attached hydrogens (tertiary/aromatic N) is 1. The van der Waals surface area contributed by atoms with Gasteiger partial charge >= 0.3 is 0 Å². The lowest BCUT2D eigenvalue weighted by molar-refractivity contribution is 0.388. The van der Waals surface area contributed by atoms with Crippen LogP contribution >= 0.6 is 11.3 Å². The summed E-state index contributed by atoms with van der Waals surface area (Å²) in [5.74, 6) is 0. The largest absolute Gasteiger partial charge is 0.326 e. The van der Waals surface area contributed by atoms with Gasteiger partial charge < -0.3 is 5.73 Å². The molecule has 0 saturated carbocycles. The summed E-state index contributed by atoms with van der Waals surface area (Å²) in [5, 5.41) is 2.00. The van der Waals surface area contributed by atoms with Crippen LogP contribution in [-0.4, -0.2) is 25.8 Å². The molecule has 0 aliphatic heterocycles. The minimum absolute atomic E-state index is 0.102. The molecule has 1 aromatic heterocycles. The number of likely N-dealkylation sites (N-methyl/N-ethyl adjacent to an activating group) is 1. The molecule has 0 aliphatic carbocycles. The van der Waals surface area contributed by atoms with E-state index in [1.807, 2.05) is 30.5 Å². The monoisotopic (exact) mass is 324 g/mol. The molecular weight excluding hydrogens is 304 g/mol. The number of hydrogen-bond donors (Lipinski definition) is 1. The van der Waals surface area contributed by atoms with E-state index >= 15 is 0 Å². The highest BCUT2D eigenvalue weighted by atomic mass is 32.2. The Morgan fingerprint density at radius 1 is 1.29 bits per heavy atom. The van der Waals surface area contributed by atoms with Crippen LogP contribution in [0, 0.1) is 0 Å². The Labute approximate surface area is 130 Å². The fourth-order valence-corrected chi connectivity index (χ4v) is 4.34. The van der Waals surface area contributed by atoms with Gasteiger partial charge in [0.05, 0.1) is 4.90 Å². The highest BCUT2D eigenvalue weighted by Crippen LogP contribution is 2.21. The van der Waals surface area contributed by atoms with E-state index in [0.717, 1.165) is 5.56 Å². The molecule has 1 aromatic carbocycles. The lowest BCUT2D eigenvalue weighted by atomic mass is 10.2. The van der Waals surface area contributed by atoms with Gasteiger partial charge in [-0.15, -0.1) is 11.3 Å². The predicted octanol–water partition coefficient (Wildman–Crippen LogP) is 2.46. The van der Waals surface area contributed by atoms with Crippen molar-refractivity contribution in [2.24, 2.45) is 5.73 Å². The third-order valence-corrected chi connectivity index (χ3v) is 6.38. The van der Waals surface area contributed by atoms with Crippen LogP contribution in [0.5, 0.6) is 0 Å². The zero-order valence-electron chi connectivity index (χ0n) is 12.2. The highest BCUT2D eigenvalue weighted by molar-refractivity contribution is 7.89. The standard InChI is InChI=1S/C15H20N2O2S2/c1-12(9-14-6-4-8-20-14)17(2)21(18,19)15-7-3-5-13(10-15)11-16/h3-8,10,12H,9,11,16H2,1-2H3. The van der Waals surface area contributed by atoms with E-state index in [-0.39, 0.29) is 6.04 Å². The van der Waals surface area contributed by atoms with Crippen molar-refractivity contribution in [3.05, 3.63) is 52.2 Å². The molecule has 6 heteroatoms. The second-order valence-electron chi connectivity index (χ2n) is 5.01. The lowest BCUT2D eigenvalue weighted by Crippen LogP contribution is -2.36. The van der Waals surface area contributed by atoms with Crippen LogP contribution in [0.1, 0.15) is 17.4 Å². The zero-order chi connectivity index (χ0) is 15.5. The summed E-state index contributed by atoms with van der Waals surface area (Å²) in [6, 6.07) is 10.7. The van der Waals surface area contributed by atoms with Crippen molar-refractivity contribution in [3.8, 4) is 0 Å². The van der Waals surface area contributed by atoms with Gasteiger partial charge in [0.15, 0.2) is 0 Å². The quantitative estimate of drug-likeness (QED) is 0.888. The first-order valence-electron chi connectivity index (χ1n) is 6.74. The number of hydrogen-bond acceptors (Lipinski definition) is 4. The molecule has 0 bridgehead atoms. The molecule has 4 nitrogen and oxygen atoms in total. The zero-order valence-corrected chi connectivity index (χ0v) is 13.8. The molecule has 1 unspecified atom stereocenters. The van der Waals surface area contributed by atoms with Crippen LogP contribution < -0.4 is 5.73 Å². The summed E-state index contributed by atoms with van der Waals surface area (Å²) < 4.78 is 26.8. The molecular formula is C15H20N2O2S2. The van der Waals surface area contributed by atoms with Gasteiger partial charge in [0.1, 0.15) is 0 Å². The maximum atomic E-state index is 12.7. The van der Waals surface area contributed by atoms with Crippen molar-refractivity contribution in [2.45, 2.75) is 30.8 Å². The van der Waals surface area contributed by atoms with E-state index in [2.05, 4.69) is 0 Å². The smallest absolute Gasteiger partial charge is 0.243 e. The van der Waals surface area contributed by atoms with E-state index in [1.165, 1.54) is 9.18 Å². The van der Waals surface area contributed by atoms with E-state index < -0.39 is 10.0 Å². The van der Waals surface area contributed by atoms with Crippen LogP contribution in [0.3, 0.4) is 0 Å². The Kier molecular flexibility index (Phi) is 5.16. The van der Waals surface area contributed by atoms with Crippen LogP contribution in [0.4, 0.5) is 0 Å². The summed E-state index contributed by atoms with van der Waals surface area (Å²) in [4.78, 5) is 1.48. The molecule has 2 N–H and O–H groups in total. The molecule has 1 atom stereocenters.